The maximum Gasteiger partial charge on any atom is 0.0705 e. The molecule has 0 radical (unpaired) electrons. The monoisotopic (exact) mass is 459 g/mol. The fourth-order valence-electron chi connectivity index (χ4n) is 4.41. The van der Waals surface area contributed by atoms with Crippen molar-refractivity contribution in [3.05, 3.63) is 103 Å². The molecule has 2 aromatic heterocycles. The summed E-state index contributed by atoms with van der Waals surface area (Å²) in [6.07, 6.45) is 6.03. The summed E-state index contributed by atoms with van der Waals surface area (Å²) < 4.78 is 1.98. The van der Waals surface area contributed by atoms with Crippen LogP contribution in [0.1, 0.15) is 52.7 Å². The molecule has 35 heavy (non-hydrogen) atoms. The van der Waals surface area contributed by atoms with Gasteiger partial charge in [-0.3, -0.25) is 4.98 Å². The summed E-state index contributed by atoms with van der Waals surface area (Å²) in [7, 11) is 0. The molecule has 0 saturated heterocycles. The SMILES string of the molecule is CC(C)(C)c1ccnc(-c2cccc(-c3cccc4ccc(-n5cc(C(C)(C)C)cn5)cc34)c2)c1. The highest BCUT2D eigenvalue weighted by Gasteiger charge is 2.17. The standard InChI is InChI=1S/C32H33N3/c1-31(2,3)25-15-16-33-30(18-25)24-11-7-10-23(17-24)28-12-8-9-22-13-14-27(19-29(22)28)35-21-26(20-34-35)32(4,5)6/h7-21H,1-6H3. The number of rotatable bonds is 3. The van der Waals surface area contributed by atoms with Crippen LogP contribution in [0.25, 0.3) is 38.8 Å². The van der Waals surface area contributed by atoms with Gasteiger partial charge in [-0.15, -0.1) is 0 Å². The summed E-state index contributed by atoms with van der Waals surface area (Å²) in [4.78, 5) is 4.68. The third-order valence-corrected chi connectivity index (χ3v) is 6.67. The lowest BCUT2D eigenvalue weighted by Gasteiger charge is -2.19. The molecule has 3 aromatic carbocycles. The van der Waals surface area contributed by atoms with Crippen LogP contribution in [0, 0.1) is 0 Å². The fourth-order valence-corrected chi connectivity index (χ4v) is 4.41. The van der Waals surface area contributed by atoms with Crippen molar-refractivity contribution >= 4 is 10.8 Å². The van der Waals surface area contributed by atoms with Gasteiger partial charge in [0.2, 0.25) is 0 Å². The molecular weight excluding hydrogens is 426 g/mol. The zero-order chi connectivity index (χ0) is 24.8. The molecule has 0 spiro atoms. The lowest BCUT2D eigenvalue weighted by molar-refractivity contribution is 0.589. The Hall–Kier alpha value is -3.72. The lowest BCUT2D eigenvalue weighted by atomic mass is 9.87. The summed E-state index contributed by atoms with van der Waals surface area (Å²) in [6.45, 7) is 13.4. The molecule has 0 atom stereocenters. The third kappa shape index (κ3) is 4.64. The Morgan fingerprint density at radius 2 is 1.43 bits per heavy atom. The van der Waals surface area contributed by atoms with Crippen LogP contribution in [-0.4, -0.2) is 14.8 Å². The van der Waals surface area contributed by atoms with E-state index in [2.05, 4.69) is 131 Å². The molecule has 176 valence electrons. The van der Waals surface area contributed by atoms with Gasteiger partial charge in [0.15, 0.2) is 0 Å². The Morgan fingerprint density at radius 1 is 0.686 bits per heavy atom. The second kappa shape index (κ2) is 8.49. The van der Waals surface area contributed by atoms with Crippen LogP contribution >= 0.6 is 0 Å². The van der Waals surface area contributed by atoms with Crippen LogP contribution in [0.4, 0.5) is 0 Å². The normalized spacial score (nSPS) is 12.3. The largest absolute Gasteiger partial charge is 0.256 e. The van der Waals surface area contributed by atoms with Crippen molar-refractivity contribution < 1.29 is 0 Å². The smallest absolute Gasteiger partial charge is 0.0705 e. The van der Waals surface area contributed by atoms with Crippen molar-refractivity contribution in [1.29, 1.82) is 0 Å². The first kappa shape index (κ1) is 23.0. The van der Waals surface area contributed by atoms with Gasteiger partial charge in [-0.2, -0.15) is 5.10 Å². The molecule has 2 heterocycles. The molecule has 0 N–H and O–H groups in total. The van der Waals surface area contributed by atoms with Gasteiger partial charge in [-0.05, 0) is 74.2 Å². The highest BCUT2D eigenvalue weighted by molar-refractivity contribution is 5.98. The molecule has 0 amide bonds. The fraction of sp³-hybridized carbons (Fsp3) is 0.250. The zero-order valence-corrected chi connectivity index (χ0v) is 21.5. The molecule has 0 aliphatic carbocycles. The van der Waals surface area contributed by atoms with E-state index in [9.17, 15) is 0 Å². The number of benzene rings is 3. The van der Waals surface area contributed by atoms with E-state index < -0.39 is 0 Å². The van der Waals surface area contributed by atoms with E-state index in [0.29, 0.717) is 0 Å². The van der Waals surface area contributed by atoms with Gasteiger partial charge in [0, 0.05) is 18.0 Å². The summed E-state index contributed by atoms with van der Waals surface area (Å²) in [6, 6.07) is 26.1. The molecule has 3 heteroatoms. The number of fused-ring (bicyclic) bond motifs is 1. The zero-order valence-electron chi connectivity index (χ0n) is 21.5. The highest BCUT2D eigenvalue weighted by Crippen LogP contribution is 2.33. The Balaban J connectivity index is 1.59. The first-order valence-corrected chi connectivity index (χ1v) is 12.3. The van der Waals surface area contributed by atoms with Crippen LogP contribution < -0.4 is 0 Å². The second-order valence-corrected chi connectivity index (χ2v) is 11.4. The number of nitrogens with zero attached hydrogens (tertiary/aromatic N) is 3. The molecule has 0 unspecified atom stereocenters. The Kier molecular flexibility index (Phi) is 5.59. The van der Waals surface area contributed by atoms with Gasteiger partial charge < -0.3 is 0 Å². The maximum absolute atomic E-state index is 4.68. The van der Waals surface area contributed by atoms with Crippen molar-refractivity contribution in [2.24, 2.45) is 0 Å². The van der Waals surface area contributed by atoms with E-state index >= 15 is 0 Å². The van der Waals surface area contributed by atoms with Crippen LogP contribution in [0.3, 0.4) is 0 Å². The average Bonchev–Trinajstić information content (AvgIpc) is 3.34. The summed E-state index contributed by atoms with van der Waals surface area (Å²) in [5, 5.41) is 7.08. The molecule has 0 aliphatic heterocycles. The Bertz CT molecular complexity index is 1510. The van der Waals surface area contributed by atoms with E-state index in [4.69, 9.17) is 0 Å². The number of hydrogen-bond donors (Lipinski definition) is 0. The third-order valence-electron chi connectivity index (χ3n) is 6.67. The first-order valence-electron chi connectivity index (χ1n) is 12.3. The minimum atomic E-state index is 0.0685. The molecule has 5 rings (SSSR count). The number of pyridine rings is 1. The van der Waals surface area contributed by atoms with Crippen molar-refractivity contribution in [2.75, 3.05) is 0 Å². The minimum Gasteiger partial charge on any atom is -0.256 e. The highest BCUT2D eigenvalue weighted by atomic mass is 15.3. The predicted octanol–water partition coefficient (Wildman–Crippen LogP) is 8.35. The van der Waals surface area contributed by atoms with E-state index in [-0.39, 0.29) is 10.8 Å². The quantitative estimate of drug-likeness (QED) is 0.271. The summed E-state index contributed by atoms with van der Waals surface area (Å²) >= 11 is 0. The lowest BCUT2D eigenvalue weighted by Crippen LogP contribution is -2.11. The molecule has 0 aliphatic rings. The molecule has 3 nitrogen and oxygen atoms in total. The first-order chi connectivity index (χ1) is 16.6. The minimum absolute atomic E-state index is 0.0685. The van der Waals surface area contributed by atoms with Gasteiger partial charge in [0.1, 0.15) is 0 Å². The number of aromatic nitrogens is 3. The molecule has 0 saturated carbocycles. The summed E-state index contributed by atoms with van der Waals surface area (Å²) in [5.41, 5.74) is 8.26. The number of hydrogen-bond acceptors (Lipinski definition) is 2. The van der Waals surface area contributed by atoms with E-state index in [1.807, 2.05) is 17.1 Å². The predicted molar refractivity (Wildman–Crippen MR) is 147 cm³/mol. The Labute approximate surface area is 208 Å². The summed E-state index contributed by atoms with van der Waals surface area (Å²) in [5.74, 6) is 0. The molecule has 0 bridgehead atoms. The van der Waals surface area contributed by atoms with E-state index in [0.717, 1.165) is 16.9 Å². The maximum atomic E-state index is 4.68. The molecule has 5 aromatic rings. The van der Waals surface area contributed by atoms with Crippen LogP contribution in [0.2, 0.25) is 0 Å². The average molecular weight is 460 g/mol. The van der Waals surface area contributed by atoms with E-state index in [1.54, 1.807) is 0 Å². The van der Waals surface area contributed by atoms with Gasteiger partial charge in [-0.1, -0.05) is 84.0 Å². The topological polar surface area (TPSA) is 30.7 Å². The van der Waals surface area contributed by atoms with Gasteiger partial charge in [-0.25, -0.2) is 4.68 Å². The second-order valence-electron chi connectivity index (χ2n) is 11.4. The van der Waals surface area contributed by atoms with Crippen molar-refractivity contribution in [3.8, 4) is 28.1 Å². The van der Waals surface area contributed by atoms with Crippen LogP contribution in [0.15, 0.2) is 91.4 Å². The van der Waals surface area contributed by atoms with Crippen LogP contribution in [-0.2, 0) is 10.8 Å². The van der Waals surface area contributed by atoms with Gasteiger partial charge in [0.25, 0.3) is 0 Å². The van der Waals surface area contributed by atoms with Gasteiger partial charge in [0.05, 0.1) is 17.6 Å². The van der Waals surface area contributed by atoms with Crippen LogP contribution in [0.5, 0.6) is 0 Å². The molecular formula is C32H33N3. The van der Waals surface area contributed by atoms with E-state index in [1.165, 1.54) is 33.0 Å². The van der Waals surface area contributed by atoms with Crippen molar-refractivity contribution in [3.63, 3.8) is 0 Å². The molecule has 0 fully saturated rings. The van der Waals surface area contributed by atoms with Crippen molar-refractivity contribution in [1.82, 2.24) is 14.8 Å². The Morgan fingerprint density at radius 3 is 2.17 bits per heavy atom. The van der Waals surface area contributed by atoms with Crippen molar-refractivity contribution in [2.45, 2.75) is 52.4 Å². The van der Waals surface area contributed by atoms with Gasteiger partial charge >= 0.3 is 0 Å².